The molecular weight excluding hydrogens is 205 g/mol. The number of Topliss-reactive ketones (excluding diaryl/α,β-unsaturated/α-hetero) is 1. The van der Waals surface area contributed by atoms with Gasteiger partial charge < -0.3 is 4.57 Å². The van der Waals surface area contributed by atoms with Crippen molar-refractivity contribution >= 4 is 16.7 Å². The summed E-state index contributed by atoms with van der Waals surface area (Å²) in [6.45, 7) is 0. The first-order valence-electron chi connectivity index (χ1n) is 5.46. The molecule has 1 aromatic carbocycles. The average Bonchev–Trinajstić information content (AvgIpc) is 3.04. The molecule has 0 saturated heterocycles. The van der Waals surface area contributed by atoms with Gasteiger partial charge in [-0.3, -0.25) is 4.79 Å². The lowest BCUT2D eigenvalue weighted by molar-refractivity contribution is 0.0969. The Balaban J connectivity index is 2.25. The quantitative estimate of drug-likeness (QED) is 0.709. The van der Waals surface area contributed by atoms with Gasteiger partial charge >= 0.3 is 0 Å². The summed E-state index contributed by atoms with van der Waals surface area (Å²) in [7, 11) is 1.77. The fraction of sp³-hybridized carbons (Fsp3) is 0.308. The molecule has 0 atom stereocenters. The fourth-order valence-electron chi connectivity index (χ4n) is 2.18. The number of nitrogens with zero attached hydrogens (tertiary/aromatic N) is 1. The van der Waals surface area contributed by atoms with Gasteiger partial charge in [0.15, 0.2) is 5.78 Å². The van der Waals surface area contributed by atoms with Gasteiger partial charge in [0.25, 0.3) is 0 Å². The van der Waals surface area contributed by atoms with E-state index in [2.05, 4.69) is 0 Å². The van der Waals surface area contributed by atoms with Crippen LogP contribution in [0.5, 0.6) is 0 Å². The van der Waals surface area contributed by atoms with Crippen molar-refractivity contribution in [3.8, 4) is 0 Å². The third-order valence-corrected chi connectivity index (χ3v) is 3.17. The minimum Gasteiger partial charge on any atom is -0.347 e. The Bertz CT molecular complexity index is 581. The molecule has 3 heteroatoms. The summed E-state index contributed by atoms with van der Waals surface area (Å²) in [6.07, 6.45) is 3.70. The van der Waals surface area contributed by atoms with Crippen molar-refractivity contribution in [1.82, 2.24) is 4.57 Å². The second kappa shape index (κ2) is 3.17. The van der Waals surface area contributed by atoms with Gasteiger partial charge in [-0.1, -0.05) is 12.1 Å². The molecule has 0 aliphatic heterocycles. The Labute approximate surface area is 92.7 Å². The lowest BCUT2D eigenvalue weighted by Gasteiger charge is -1.97. The maximum Gasteiger partial charge on any atom is 0.168 e. The molecule has 1 aliphatic rings. The van der Waals surface area contributed by atoms with Crippen LogP contribution in [0.15, 0.2) is 24.4 Å². The van der Waals surface area contributed by atoms with Gasteiger partial charge in [-0.2, -0.15) is 0 Å². The SMILES string of the molecule is Cn1cc(C(=O)C2CC2)c2cccc(F)c21. The number of aromatic nitrogens is 1. The van der Waals surface area contributed by atoms with Gasteiger partial charge in [-0.05, 0) is 18.9 Å². The molecule has 1 aromatic heterocycles. The Hall–Kier alpha value is -1.64. The zero-order valence-corrected chi connectivity index (χ0v) is 9.03. The van der Waals surface area contributed by atoms with Gasteiger partial charge in [-0.25, -0.2) is 4.39 Å². The number of halogens is 1. The maximum atomic E-state index is 13.6. The summed E-state index contributed by atoms with van der Waals surface area (Å²) in [6, 6.07) is 4.89. The Kier molecular flexibility index (Phi) is 1.90. The third kappa shape index (κ3) is 1.28. The summed E-state index contributed by atoms with van der Waals surface area (Å²) in [5, 5.41) is 0.736. The number of carbonyl (C=O) groups is 1. The molecule has 2 nitrogen and oxygen atoms in total. The van der Waals surface area contributed by atoms with Crippen LogP contribution in [-0.4, -0.2) is 10.4 Å². The van der Waals surface area contributed by atoms with Crippen molar-refractivity contribution in [3.05, 3.63) is 35.8 Å². The standard InChI is InChI=1S/C13H12FNO/c1-15-7-10(13(16)8-5-6-8)9-3-2-4-11(14)12(9)15/h2-4,7-8H,5-6H2,1H3. The summed E-state index contributed by atoms with van der Waals surface area (Å²) in [4.78, 5) is 12.0. The fourth-order valence-corrected chi connectivity index (χ4v) is 2.18. The van der Waals surface area contributed by atoms with E-state index in [0.29, 0.717) is 11.1 Å². The first-order chi connectivity index (χ1) is 7.68. The second-order valence-corrected chi connectivity index (χ2v) is 4.43. The van der Waals surface area contributed by atoms with Crippen LogP contribution in [0.1, 0.15) is 23.2 Å². The monoisotopic (exact) mass is 217 g/mol. The number of rotatable bonds is 2. The van der Waals surface area contributed by atoms with E-state index in [4.69, 9.17) is 0 Å². The highest BCUT2D eigenvalue weighted by atomic mass is 19.1. The Morgan fingerprint density at radius 1 is 1.44 bits per heavy atom. The van der Waals surface area contributed by atoms with E-state index in [-0.39, 0.29) is 17.5 Å². The van der Waals surface area contributed by atoms with E-state index in [1.807, 2.05) is 6.07 Å². The number of aryl methyl sites for hydroxylation is 1. The van der Waals surface area contributed by atoms with Crippen molar-refractivity contribution in [3.63, 3.8) is 0 Å². The van der Waals surface area contributed by atoms with Crippen LogP contribution in [0.2, 0.25) is 0 Å². The minimum absolute atomic E-state index is 0.163. The van der Waals surface area contributed by atoms with Gasteiger partial charge in [0.05, 0.1) is 5.52 Å². The second-order valence-electron chi connectivity index (χ2n) is 4.43. The summed E-state index contributed by atoms with van der Waals surface area (Å²) in [5.41, 5.74) is 1.19. The predicted octanol–water partition coefficient (Wildman–Crippen LogP) is 2.91. The average molecular weight is 217 g/mol. The molecule has 1 fully saturated rings. The number of fused-ring (bicyclic) bond motifs is 1. The molecule has 16 heavy (non-hydrogen) atoms. The first-order valence-corrected chi connectivity index (χ1v) is 5.46. The maximum absolute atomic E-state index is 13.6. The lowest BCUT2D eigenvalue weighted by atomic mass is 10.1. The molecule has 0 spiro atoms. The highest BCUT2D eigenvalue weighted by Crippen LogP contribution is 2.35. The van der Waals surface area contributed by atoms with E-state index in [0.717, 1.165) is 18.2 Å². The van der Waals surface area contributed by atoms with Crippen molar-refractivity contribution < 1.29 is 9.18 Å². The highest BCUT2D eigenvalue weighted by Gasteiger charge is 2.32. The lowest BCUT2D eigenvalue weighted by Crippen LogP contribution is -1.99. The molecule has 1 aliphatic carbocycles. The van der Waals surface area contributed by atoms with Gasteiger partial charge in [0.2, 0.25) is 0 Å². The van der Waals surface area contributed by atoms with Crippen LogP contribution in [-0.2, 0) is 7.05 Å². The molecule has 0 amide bonds. The molecule has 1 saturated carbocycles. The van der Waals surface area contributed by atoms with Crippen molar-refractivity contribution in [1.29, 1.82) is 0 Å². The number of para-hydroxylation sites is 1. The topological polar surface area (TPSA) is 22.0 Å². The number of benzene rings is 1. The Morgan fingerprint density at radius 3 is 2.88 bits per heavy atom. The van der Waals surface area contributed by atoms with Crippen LogP contribution >= 0.6 is 0 Å². The number of hydrogen-bond donors (Lipinski definition) is 0. The zero-order chi connectivity index (χ0) is 11.3. The van der Waals surface area contributed by atoms with Crippen molar-refractivity contribution in [2.45, 2.75) is 12.8 Å². The number of ketones is 1. The molecule has 0 radical (unpaired) electrons. The van der Waals surface area contributed by atoms with Gasteiger partial charge in [-0.15, -0.1) is 0 Å². The van der Waals surface area contributed by atoms with E-state index < -0.39 is 0 Å². The molecule has 0 unspecified atom stereocenters. The molecular formula is C13H12FNO. The molecule has 0 bridgehead atoms. The Morgan fingerprint density at radius 2 is 2.19 bits per heavy atom. The normalized spacial score (nSPS) is 15.6. The van der Waals surface area contributed by atoms with E-state index in [1.54, 1.807) is 23.9 Å². The highest BCUT2D eigenvalue weighted by molar-refractivity contribution is 6.10. The molecule has 0 N–H and O–H groups in total. The summed E-state index contributed by atoms with van der Waals surface area (Å²) in [5.74, 6) is 0.0694. The predicted molar refractivity (Wildman–Crippen MR) is 59.9 cm³/mol. The van der Waals surface area contributed by atoms with Crippen LogP contribution in [0, 0.1) is 11.7 Å². The number of hydrogen-bond acceptors (Lipinski definition) is 1. The van der Waals surface area contributed by atoms with Crippen LogP contribution < -0.4 is 0 Å². The summed E-state index contributed by atoms with van der Waals surface area (Å²) < 4.78 is 15.3. The van der Waals surface area contributed by atoms with Crippen LogP contribution in [0.3, 0.4) is 0 Å². The number of carbonyl (C=O) groups excluding carboxylic acids is 1. The van der Waals surface area contributed by atoms with Crippen LogP contribution in [0.4, 0.5) is 4.39 Å². The molecule has 82 valence electrons. The van der Waals surface area contributed by atoms with Crippen molar-refractivity contribution in [2.24, 2.45) is 13.0 Å². The minimum atomic E-state index is -0.269. The smallest absolute Gasteiger partial charge is 0.168 e. The molecule has 1 heterocycles. The van der Waals surface area contributed by atoms with Gasteiger partial charge in [0.1, 0.15) is 5.82 Å². The van der Waals surface area contributed by atoms with E-state index in [1.165, 1.54) is 6.07 Å². The van der Waals surface area contributed by atoms with Crippen LogP contribution in [0.25, 0.3) is 10.9 Å². The van der Waals surface area contributed by atoms with Gasteiger partial charge in [0, 0.05) is 30.1 Å². The molecule has 2 aromatic rings. The first kappa shape index (κ1) is 9.58. The van der Waals surface area contributed by atoms with E-state index >= 15 is 0 Å². The molecule has 3 rings (SSSR count). The largest absolute Gasteiger partial charge is 0.347 e. The third-order valence-electron chi connectivity index (χ3n) is 3.17. The summed E-state index contributed by atoms with van der Waals surface area (Å²) >= 11 is 0. The van der Waals surface area contributed by atoms with E-state index in [9.17, 15) is 9.18 Å². The van der Waals surface area contributed by atoms with Crippen molar-refractivity contribution in [2.75, 3.05) is 0 Å². The zero-order valence-electron chi connectivity index (χ0n) is 9.03.